The molecule has 5 heteroatoms. The highest BCUT2D eigenvalue weighted by Gasteiger charge is 2.09. The first-order valence-corrected chi connectivity index (χ1v) is 6.50. The van der Waals surface area contributed by atoms with Gasteiger partial charge in [-0.25, -0.2) is 4.39 Å². The zero-order valence-electron chi connectivity index (χ0n) is 11.7. The Balaban J connectivity index is 1.94. The molecule has 0 spiro atoms. The number of aromatic nitrogens is 2. The summed E-state index contributed by atoms with van der Waals surface area (Å²) >= 11 is 0. The van der Waals surface area contributed by atoms with Crippen LogP contribution in [-0.2, 0) is 20.0 Å². The summed E-state index contributed by atoms with van der Waals surface area (Å²) < 4.78 is 15.2. The second-order valence-corrected chi connectivity index (χ2v) is 4.90. The van der Waals surface area contributed by atoms with Crippen LogP contribution < -0.4 is 0 Å². The predicted molar refractivity (Wildman–Crippen MR) is 75.0 cm³/mol. The van der Waals surface area contributed by atoms with E-state index in [1.54, 1.807) is 30.1 Å². The number of benzene rings is 1. The summed E-state index contributed by atoms with van der Waals surface area (Å²) in [4.78, 5) is 12.9. The highest BCUT2D eigenvalue weighted by atomic mass is 19.1. The maximum absolute atomic E-state index is 13.5. The minimum absolute atomic E-state index is 0.189. The molecule has 0 atom stereocenters. The van der Waals surface area contributed by atoms with Crippen LogP contribution >= 0.6 is 0 Å². The van der Waals surface area contributed by atoms with E-state index in [-0.39, 0.29) is 5.82 Å². The molecule has 2 rings (SSSR count). The molecule has 0 radical (unpaired) electrons. The van der Waals surface area contributed by atoms with Gasteiger partial charge in [-0.2, -0.15) is 5.10 Å². The van der Waals surface area contributed by atoms with Gasteiger partial charge in [-0.3, -0.25) is 9.48 Å². The monoisotopic (exact) mass is 275 g/mol. The quantitative estimate of drug-likeness (QED) is 0.757. The summed E-state index contributed by atoms with van der Waals surface area (Å²) in [6.07, 6.45) is 3.19. The van der Waals surface area contributed by atoms with Crippen molar-refractivity contribution >= 4 is 6.29 Å². The zero-order valence-corrected chi connectivity index (χ0v) is 11.7. The SMILES string of the molecule is CN(CCc1nn(C)cc1C=O)Cc1ccccc1F. The van der Waals surface area contributed by atoms with Gasteiger partial charge in [0, 0.05) is 38.3 Å². The Hall–Kier alpha value is -2.01. The molecular weight excluding hydrogens is 257 g/mol. The van der Waals surface area contributed by atoms with Gasteiger partial charge in [-0.05, 0) is 13.1 Å². The van der Waals surface area contributed by atoms with Crippen molar-refractivity contribution in [1.29, 1.82) is 0 Å². The van der Waals surface area contributed by atoms with Crippen LogP contribution in [0.2, 0.25) is 0 Å². The van der Waals surface area contributed by atoms with E-state index >= 15 is 0 Å². The molecule has 1 heterocycles. The molecule has 2 aromatic rings. The summed E-state index contributed by atoms with van der Waals surface area (Å²) in [7, 11) is 3.72. The predicted octanol–water partition coefficient (Wildman–Crippen LogP) is 2.05. The average Bonchev–Trinajstić information content (AvgIpc) is 2.79. The number of hydrogen-bond acceptors (Lipinski definition) is 3. The van der Waals surface area contributed by atoms with Gasteiger partial charge in [0.15, 0.2) is 6.29 Å². The Bertz CT molecular complexity index is 595. The molecule has 0 aliphatic heterocycles. The first-order valence-electron chi connectivity index (χ1n) is 6.50. The smallest absolute Gasteiger partial charge is 0.153 e. The van der Waals surface area contributed by atoms with E-state index in [4.69, 9.17) is 0 Å². The van der Waals surface area contributed by atoms with Crippen LogP contribution in [0.1, 0.15) is 21.6 Å². The first kappa shape index (κ1) is 14.4. The standard InChI is InChI=1S/C15H18FN3O/c1-18(9-12-5-3-4-6-14(12)16)8-7-15-13(11-20)10-19(2)17-15/h3-6,10-11H,7-9H2,1-2H3. The molecule has 20 heavy (non-hydrogen) atoms. The third kappa shape index (κ3) is 3.51. The Kier molecular flexibility index (Phi) is 4.63. The van der Waals surface area contributed by atoms with Crippen LogP contribution in [0.15, 0.2) is 30.5 Å². The fraction of sp³-hybridized carbons (Fsp3) is 0.333. The van der Waals surface area contributed by atoms with Crippen molar-refractivity contribution in [2.45, 2.75) is 13.0 Å². The second kappa shape index (κ2) is 6.43. The molecule has 0 bridgehead atoms. The summed E-state index contributed by atoms with van der Waals surface area (Å²) in [5.74, 6) is -0.189. The molecule has 106 valence electrons. The Morgan fingerprint density at radius 3 is 2.85 bits per heavy atom. The van der Waals surface area contributed by atoms with E-state index in [0.717, 1.165) is 12.0 Å². The van der Waals surface area contributed by atoms with E-state index in [0.29, 0.717) is 30.6 Å². The number of hydrogen-bond donors (Lipinski definition) is 0. The van der Waals surface area contributed by atoms with E-state index in [2.05, 4.69) is 5.10 Å². The Labute approximate surface area is 117 Å². The lowest BCUT2D eigenvalue weighted by atomic mass is 10.2. The summed E-state index contributed by atoms with van der Waals surface area (Å²) in [6.45, 7) is 1.25. The minimum Gasteiger partial charge on any atom is -0.302 e. The lowest BCUT2D eigenvalue weighted by molar-refractivity contribution is 0.112. The van der Waals surface area contributed by atoms with E-state index in [1.807, 2.05) is 18.0 Å². The molecule has 0 amide bonds. The molecule has 0 saturated carbocycles. The van der Waals surface area contributed by atoms with Crippen molar-refractivity contribution in [3.05, 3.63) is 53.1 Å². The number of carbonyl (C=O) groups excluding carboxylic acids is 1. The van der Waals surface area contributed by atoms with Crippen molar-refractivity contribution in [3.8, 4) is 0 Å². The third-order valence-electron chi connectivity index (χ3n) is 3.19. The lowest BCUT2D eigenvalue weighted by Gasteiger charge is -2.16. The van der Waals surface area contributed by atoms with Gasteiger partial charge >= 0.3 is 0 Å². The molecule has 0 aliphatic carbocycles. The van der Waals surface area contributed by atoms with Gasteiger partial charge in [0.1, 0.15) is 5.82 Å². The molecule has 0 saturated heterocycles. The molecule has 0 unspecified atom stereocenters. The Morgan fingerprint density at radius 1 is 1.40 bits per heavy atom. The maximum atomic E-state index is 13.5. The number of aryl methyl sites for hydroxylation is 1. The van der Waals surface area contributed by atoms with Gasteiger partial charge in [-0.15, -0.1) is 0 Å². The number of carbonyl (C=O) groups is 1. The minimum atomic E-state index is -0.189. The molecule has 0 N–H and O–H groups in total. The average molecular weight is 275 g/mol. The van der Waals surface area contributed by atoms with Crippen LogP contribution in [0.3, 0.4) is 0 Å². The number of halogens is 1. The Morgan fingerprint density at radius 2 is 2.15 bits per heavy atom. The third-order valence-corrected chi connectivity index (χ3v) is 3.19. The van der Waals surface area contributed by atoms with Crippen molar-refractivity contribution in [2.24, 2.45) is 7.05 Å². The fourth-order valence-electron chi connectivity index (χ4n) is 2.14. The van der Waals surface area contributed by atoms with E-state index in [9.17, 15) is 9.18 Å². The highest BCUT2D eigenvalue weighted by Crippen LogP contribution is 2.10. The van der Waals surface area contributed by atoms with Crippen LogP contribution in [0.4, 0.5) is 4.39 Å². The summed E-state index contributed by atoms with van der Waals surface area (Å²) in [5.41, 5.74) is 2.07. The first-order chi connectivity index (χ1) is 9.60. The number of aldehydes is 1. The van der Waals surface area contributed by atoms with E-state index < -0.39 is 0 Å². The summed E-state index contributed by atoms with van der Waals surface area (Å²) in [6, 6.07) is 6.76. The van der Waals surface area contributed by atoms with Crippen molar-refractivity contribution < 1.29 is 9.18 Å². The maximum Gasteiger partial charge on any atom is 0.153 e. The van der Waals surface area contributed by atoms with Gasteiger partial charge in [0.2, 0.25) is 0 Å². The van der Waals surface area contributed by atoms with Gasteiger partial charge in [0.05, 0.1) is 11.3 Å². The fourth-order valence-corrected chi connectivity index (χ4v) is 2.14. The molecule has 0 aliphatic rings. The van der Waals surface area contributed by atoms with Gasteiger partial charge < -0.3 is 4.90 Å². The van der Waals surface area contributed by atoms with Crippen molar-refractivity contribution in [2.75, 3.05) is 13.6 Å². The molecule has 4 nitrogen and oxygen atoms in total. The van der Waals surface area contributed by atoms with Crippen LogP contribution in [0.5, 0.6) is 0 Å². The number of nitrogens with zero attached hydrogens (tertiary/aromatic N) is 3. The van der Waals surface area contributed by atoms with Crippen LogP contribution in [0.25, 0.3) is 0 Å². The molecule has 1 aromatic carbocycles. The molecule has 1 aromatic heterocycles. The molecular formula is C15H18FN3O. The van der Waals surface area contributed by atoms with Crippen molar-refractivity contribution in [3.63, 3.8) is 0 Å². The van der Waals surface area contributed by atoms with Gasteiger partial charge in [0.25, 0.3) is 0 Å². The number of likely N-dealkylation sites (N-methyl/N-ethyl adjacent to an activating group) is 1. The second-order valence-electron chi connectivity index (χ2n) is 4.90. The van der Waals surface area contributed by atoms with Gasteiger partial charge in [-0.1, -0.05) is 18.2 Å². The van der Waals surface area contributed by atoms with E-state index in [1.165, 1.54) is 6.07 Å². The normalized spacial score (nSPS) is 11.0. The highest BCUT2D eigenvalue weighted by molar-refractivity contribution is 5.75. The largest absolute Gasteiger partial charge is 0.302 e. The van der Waals surface area contributed by atoms with Crippen molar-refractivity contribution in [1.82, 2.24) is 14.7 Å². The topological polar surface area (TPSA) is 38.1 Å². The number of rotatable bonds is 6. The van der Waals surface area contributed by atoms with Crippen LogP contribution in [0, 0.1) is 5.82 Å². The molecule has 0 fully saturated rings. The zero-order chi connectivity index (χ0) is 14.5. The summed E-state index contributed by atoms with van der Waals surface area (Å²) in [5, 5.41) is 4.26. The van der Waals surface area contributed by atoms with Crippen LogP contribution in [-0.4, -0.2) is 34.6 Å². The lowest BCUT2D eigenvalue weighted by Crippen LogP contribution is -2.21.